The Hall–Kier alpha value is -4.66. The third kappa shape index (κ3) is 16.1. The fourth-order valence-electron chi connectivity index (χ4n) is 6.62. The molecule has 1 aromatic carbocycles. The van der Waals surface area contributed by atoms with E-state index in [1.54, 1.807) is 25.7 Å². The van der Waals surface area contributed by atoms with E-state index in [0.29, 0.717) is 44.7 Å². The highest BCUT2D eigenvalue weighted by molar-refractivity contribution is 5.93. The number of aldehydes is 1. The predicted octanol–water partition coefficient (Wildman–Crippen LogP) is 1.51. The van der Waals surface area contributed by atoms with Crippen molar-refractivity contribution in [3.63, 3.8) is 0 Å². The van der Waals surface area contributed by atoms with Gasteiger partial charge in [0, 0.05) is 26.1 Å². The molecule has 6 N–H and O–H groups in total. The van der Waals surface area contributed by atoms with Crippen LogP contribution < -0.4 is 27.0 Å². The maximum Gasteiger partial charge on any atom is 0.245 e. The van der Waals surface area contributed by atoms with Crippen molar-refractivity contribution in [3.8, 4) is 0 Å². The first kappa shape index (κ1) is 49.3. The summed E-state index contributed by atoms with van der Waals surface area (Å²) < 4.78 is 0. The number of likely N-dealkylation sites (N-methyl/N-ethyl adjacent to an activating group) is 1. The van der Waals surface area contributed by atoms with Crippen molar-refractivity contribution in [1.82, 2.24) is 31.1 Å². The zero-order valence-electron chi connectivity index (χ0n) is 33.8. The van der Waals surface area contributed by atoms with E-state index < -0.39 is 42.0 Å². The summed E-state index contributed by atoms with van der Waals surface area (Å²) in [6.07, 6.45) is 4.04. The Kier molecular flexibility index (Phi) is 23.9. The lowest BCUT2D eigenvalue weighted by Crippen LogP contribution is -2.56. The van der Waals surface area contributed by atoms with Gasteiger partial charge < -0.3 is 41.6 Å². The molecule has 7 unspecified atom stereocenters. The van der Waals surface area contributed by atoms with Crippen LogP contribution in [0.3, 0.4) is 0 Å². The molecular formula is C39H65N7O8. The minimum Gasteiger partial charge on any atom is -0.372 e. The molecule has 15 nitrogen and oxygen atoms in total. The Morgan fingerprint density at radius 1 is 0.778 bits per heavy atom. The molecule has 0 bridgehead atoms. The van der Waals surface area contributed by atoms with Crippen molar-refractivity contribution >= 4 is 48.0 Å². The second-order valence-electron chi connectivity index (χ2n) is 13.6. The van der Waals surface area contributed by atoms with E-state index in [9.17, 15) is 33.6 Å². The third-order valence-electron chi connectivity index (χ3n) is 9.11. The number of nitrogens with zero attached hydrogens (tertiary/aromatic N) is 2. The Balaban J connectivity index is 0.00000172. The van der Waals surface area contributed by atoms with Gasteiger partial charge in [0.15, 0.2) is 0 Å². The maximum atomic E-state index is 13.7. The summed E-state index contributed by atoms with van der Waals surface area (Å²) in [6.45, 7) is 16.6. The van der Waals surface area contributed by atoms with Crippen LogP contribution in [0.1, 0.15) is 93.6 Å². The number of rotatable bonds is 14. The Labute approximate surface area is 321 Å². The van der Waals surface area contributed by atoms with E-state index in [4.69, 9.17) is 4.79 Å². The smallest absolute Gasteiger partial charge is 0.245 e. The van der Waals surface area contributed by atoms with E-state index >= 15 is 0 Å². The molecule has 54 heavy (non-hydrogen) atoms. The van der Waals surface area contributed by atoms with Crippen molar-refractivity contribution in [2.45, 2.75) is 131 Å². The predicted molar refractivity (Wildman–Crippen MR) is 208 cm³/mol. The van der Waals surface area contributed by atoms with Crippen LogP contribution in [0.5, 0.6) is 0 Å². The Morgan fingerprint density at radius 3 is 1.74 bits per heavy atom. The first-order chi connectivity index (χ1) is 25.5. The largest absolute Gasteiger partial charge is 0.372 e. The number of amides is 6. The summed E-state index contributed by atoms with van der Waals surface area (Å²) in [4.78, 5) is 98.0. The quantitative estimate of drug-likeness (QED) is 0.174. The molecular weight excluding hydrogens is 694 g/mol. The number of likely N-dealkylation sites (tertiary alicyclic amines) is 2. The van der Waals surface area contributed by atoms with Crippen LogP contribution in [0.2, 0.25) is 0 Å². The Bertz CT molecular complexity index is 1360. The minimum atomic E-state index is -0.860. The van der Waals surface area contributed by atoms with E-state index in [-0.39, 0.29) is 41.9 Å². The minimum absolute atomic E-state index is 0.0324. The average molecular weight is 760 g/mol. The molecule has 0 spiro atoms. The molecule has 0 radical (unpaired) electrons. The van der Waals surface area contributed by atoms with E-state index in [0.717, 1.165) is 18.3 Å². The topological polar surface area (TPSA) is 217 Å². The van der Waals surface area contributed by atoms with Crippen LogP contribution in [-0.4, -0.2) is 114 Å². The first-order valence-corrected chi connectivity index (χ1v) is 18.8. The second kappa shape index (κ2) is 26.2. The third-order valence-corrected chi connectivity index (χ3v) is 9.11. The summed E-state index contributed by atoms with van der Waals surface area (Å²) in [7, 11) is 1.81. The van der Waals surface area contributed by atoms with Gasteiger partial charge in [0.1, 0.15) is 30.2 Å². The number of benzene rings is 1. The van der Waals surface area contributed by atoms with Crippen LogP contribution in [0, 0.1) is 11.8 Å². The van der Waals surface area contributed by atoms with Crippen LogP contribution in [-0.2, 0) is 44.8 Å². The molecule has 2 heterocycles. The molecule has 0 aromatic heterocycles. The molecule has 0 aliphatic carbocycles. The van der Waals surface area contributed by atoms with Gasteiger partial charge in [-0.05, 0) is 78.3 Å². The average Bonchev–Trinajstić information content (AvgIpc) is 3.82. The van der Waals surface area contributed by atoms with Gasteiger partial charge in [-0.2, -0.15) is 0 Å². The molecule has 2 aliphatic rings. The lowest BCUT2D eigenvalue weighted by atomic mass is 9.89. The number of carbonyl (C=O) groups is 8. The molecule has 6 amide bonds. The summed E-state index contributed by atoms with van der Waals surface area (Å²) in [5, 5.41) is 11.0. The first-order valence-electron chi connectivity index (χ1n) is 18.8. The standard InChI is InChI=1S/C29H41N5O6.C7H15NO.C2H6.CH3NO/c1-18(30-21(4)36)26(37)31-20(3)29(40)34-15-9-13-25(34)24(16-22-10-6-5-7-11-22)27(38)32-19(2)28(39)33-14-8-12-23(33)17-35;1-5(2)7(8-4)6(3)9;1-2;2-1-3/h5-7,10-11,17-20,23-25H,8-9,12-16H2,1-4H3,(H,30,36)(H,31,37)(H,32,38);5,7-8H,1-4H3;1-2H3;1H,(H2,2,3). The lowest BCUT2D eigenvalue weighted by Gasteiger charge is -2.34. The fourth-order valence-corrected chi connectivity index (χ4v) is 6.62. The summed E-state index contributed by atoms with van der Waals surface area (Å²) >= 11 is 0. The van der Waals surface area contributed by atoms with Gasteiger partial charge in [-0.25, -0.2) is 0 Å². The molecule has 304 valence electrons. The molecule has 7 atom stereocenters. The van der Waals surface area contributed by atoms with Crippen LogP contribution in [0.25, 0.3) is 0 Å². The van der Waals surface area contributed by atoms with E-state index in [1.165, 1.54) is 18.7 Å². The summed E-state index contributed by atoms with van der Waals surface area (Å²) in [5.41, 5.74) is 5.09. The Morgan fingerprint density at radius 2 is 1.28 bits per heavy atom. The van der Waals surface area contributed by atoms with Gasteiger partial charge in [-0.3, -0.25) is 33.6 Å². The zero-order valence-corrected chi connectivity index (χ0v) is 33.8. The monoisotopic (exact) mass is 759 g/mol. The SMILES string of the molecule is CC.CC(=O)NC(C)C(=O)NC(C)C(=O)N1CCCC1C(Cc1ccccc1)C(=O)NC(C)C(=O)N1CCCC1C=O.CNC(C(C)=O)C(C)C.NC=O. The molecule has 2 saturated heterocycles. The van der Waals surface area contributed by atoms with Crippen molar-refractivity contribution in [2.24, 2.45) is 17.6 Å². The molecule has 15 heteroatoms. The van der Waals surface area contributed by atoms with Gasteiger partial charge in [-0.15, -0.1) is 0 Å². The van der Waals surface area contributed by atoms with Gasteiger partial charge >= 0.3 is 0 Å². The highest BCUT2D eigenvalue weighted by atomic mass is 16.2. The van der Waals surface area contributed by atoms with Gasteiger partial charge in [0.2, 0.25) is 35.9 Å². The molecule has 3 rings (SSSR count). The summed E-state index contributed by atoms with van der Waals surface area (Å²) in [5.74, 6) is -1.81. The van der Waals surface area contributed by atoms with Crippen molar-refractivity contribution in [1.29, 1.82) is 0 Å². The summed E-state index contributed by atoms with van der Waals surface area (Å²) in [6, 6.07) is 6.13. The molecule has 2 aliphatic heterocycles. The molecule has 0 saturated carbocycles. The van der Waals surface area contributed by atoms with Crippen LogP contribution in [0.4, 0.5) is 0 Å². The van der Waals surface area contributed by atoms with Crippen LogP contribution in [0.15, 0.2) is 30.3 Å². The van der Waals surface area contributed by atoms with E-state index in [1.807, 2.05) is 65.1 Å². The van der Waals surface area contributed by atoms with Gasteiger partial charge in [-0.1, -0.05) is 58.0 Å². The number of nitrogens with one attached hydrogen (secondary N) is 4. The van der Waals surface area contributed by atoms with Crippen molar-refractivity contribution in [2.75, 3.05) is 20.1 Å². The number of hydrogen-bond donors (Lipinski definition) is 5. The van der Waals surface area contributed by atoms with Crippen molar-refractivity contribution < 1.29 is 38.4 Å². The number of Topliss-reactive ketones (excluding diaryl/α,β-unsaturated/α-hetero) is 1. The van der Waals surface area contributed by atoms with Gasteiger partial charge in [0.25, 0.3) is 0 Å². The molecule has 1 aromatic rings. The normalized spacial score (nSPS) is 18.6. The number of ketones is 1. The van der Waals surface area contributed by atoms with Crippen molar-refractivity contribution in [3.05, 3.63) is 35.9 Å². The number of primary amides is 1. The van der Waals surface area contributed by atoms with Crippen LogP contribution >= 0.6 is 0 Å². The number of nitrogens with two attached hydrogens (primary N) is 1. The van der Waals surface area contributed by atoms with Gasteiger partial charge in [0.05, 0.1) is 18.0 Å². The number of hydrogen-bond acceptors (Lipinski definition) is 9. The second-order valence-corrected chi connectivity index (χ2v) is 13.6. The fraction of sp³-hybridized carbons (Fsp3) is 0.641. The number of carbonyl (C=O) groups excluding carboxylic acids is 8. The maximum absolute atomic E-state index is 13.7. The lowest BCUT2D eigenvalue weighted by molar-refractivity contribution is -0.141. The molecule has 2 fully saturated rings. The highest BCUT2D eigenvalue weighted by Crippen LogP contribution is 2.28. The zero-order chi connectivity index (χ0) is 41.5. The van der Waals surface area contributed by atoms with E-state index in [2.05, 4.69) is 27.0 Å². The highest BCUT2D eigenvalue weighted by Gasteiger charge is 2.41.